The van der Waals surface area contributed by atoms with Gasteiger partial charge in [-0.3, -0.25) is 9.78 Å². The first-order chi connectivity index (χ1) is 13.9. The number of aromatic nitrogens is 2. The lowest BCUT2D eigenvalue weighted by atomic mass is 9.91. The topological polar surface area (TPSA) is 145 Å². The molecule has 6 N–H and O–H groups in total. The molecule has 154 valence electrons. The molecule has 2 aromatic heterocycles. The highest BCUT2D eigenvalue weighted by Gasteiger charge is 2.24. The lowest BCUT2D eigenvalue weighted by Crippen LogP contribution is -2.43. The third kappa shape index (κ3) is 4.77. The van der Waals surface area contributed by atoms with Gasteiger partial charge in [-0.2, -0.15) is 0 Å². The average molecular weight is 402 g/mol. The van der Waals surface area contributed by atoms with Crippen molar-refractivity contribution < 1.29 is 18.7 Å². The number of esters is 1. The largest absolute Gasteiger partial charge is 0.465 e. The predicted octanol–water partition coefficient (Wildman–Crippen LogP) is 1.93. The zero-order valence-electron chi connectivity index (χ0n) is 15.9. The number of nitrogens with zero attached hydrogens (tertiary/aromatic N) is 2. The molecule has 2 aromatic rings. The number of nitrogens with two attached hydrogens (primary N) is 2. The quantitative estimate of drug-likeness (QED) is 0.536. The normalized spacial score (nSPS) is 18.7. The molecule has 0 saturated heterocycles. The van der Waals surface area contributed by atoms with Gasteiger partial charge in [0.1, 0.15) is 5.82 Å². The van der Waals surface area contributed by atoms with Crippen LogP contribution < -0.4 is 22.1 Å². The fourth-order valence-corrected chi connectivity index (χ4v) is 3.26. The van der Waals surface area contributed by atoms with Gasteiger partial charge < -0.3 is 26.8 Å². The number of anilines is 3. The van der Waals surface area contributed by atoms with Crippen molar-refractivity contribution in [3.63, 3.8) is 0 Å². The number of ether oxygens (including phenoxy) is 1. The number of methoxy groups -OCH3 is 1. The summed E-state index contributed by atoms with van der Waals surface area (Å²) in [7, 11) is 1.25. The molecule has 2 heterocycles. The molecule has 0 spiro atoms. The number of rotatable bonds is 6. The van der Waals surface area contributed by atoms with Gasteiger partial charge in [0.25, 0.3) is 5.91 Å². The summed E-state index contributed by atoms with van der Waals surface area (Å²) < 4.78 is 19.2. The Morgan fingerprint density at radius 3 is 2.66 bits per heavy atom. The van der Waals surface area contributed by atoms with E-state index in [1.165, 1.54) is 25.6 Å². The van der Waals surface area contributed by atoms with Gasteiger partial charge in [-0.25, -0.2) is 14.2 Å². The van der Waals surface area contributed by atoms with E-state index in [-0.39, 0.29) is 34.8 Å². The van der Waals surface area contributed by atoms with Gasteiger partial charge in [-0.05, 0) is 25.0 Å². The summed E-state index contributed by atoms with van der Waals surface area (Å²) >= 11 is 0. The summed E-state index contributed by atoms with van der Waals surface area (Å²) in [6, 6.07) is 2.26. The maximum atomic E-state index is 14.6. The average Bonchev–Trinajstić information content (AvgIpc) is 2.71. The highest BCUT2D eigenvalue weighted by atomic mass is 19.1. The molecule has 10 heteroatoms. The molecular weight excluding hydrogens is 379 g/mol. The third-order valence-electron chi connectivity index (χ3n) is 4.81. The van der Waals surface area contributed by atoms with Crippen molar-refractivity contribution in [3.05, 3.63) is 41.5 Å². The SMILES string of the molecule is COC(=O)c1cncc(Nc2nc(NC3CCCCC3N)c(F)cc2C(N)=O)c1. The van der Waals surface area contributed by atoms with Gasteiger partial charge in [-0.15, -0.1) is 0 Å². The Bertz CT molecular complexity index is 923. The van der Waals surface area contributed by atoms with E-state index in [2.05, 4.69) is 25.3 Å². The van der Waals surface area contributed by atoms with Crippen LogP contribution in [0.5, 0.6) is 0 Å². The highest BCUT2D eigenvalue weighted by molar-refractivity contribution is 5.99. The zero-order chi connectivity index (χ0) is 21.0. The van der Waals surface area contributed by atoms with Gasteiger partial charge in [-0.1, -0.05) is 12.8 Å². The van der Waals surface area contributed by atoms with Crippen molar-refractivity contribution in [2.24, 2.45) is 11.5 Å². The van der Waals surface area contributed by atoms with Crippen molar-refractivity contribution in [1.82, 2.24) is 9.97 Å². The Kier molecular flexibility index (Phi) is 6.23. The van der Waals surface area contributed by atoms with Gasteiger partial charge in [0, 0.05) is 18.3 Å². The van der Waals surface area contributed by atoms with Gasteiger partial charge in [0.05, 0.1) is 30.1 Å². The minimum atomic E-state index is -0.850. The summed E-state index contributed by atoms with van der Waals surface area (Å²) in [5.41, 5.74) is 11.9. The first kappa shape index (κ1) is 20.5. The van der Waals surface area contributed by atoms with Crippen LogP contribution in [0.1, 0.15) is 46.4 Å². The summed E-state index contributed by atoms with van der Waals surface area (Å²) in [6.07, 6.45) is 6.42. The fourth-order valence-electron chi connectivity index (χ4n) is 3.26. The highest BCUT2D eigenvalue weighted by Crippen LogP contribution is 2.26. The van der Waals surface area contributed by atoms with Crippen LogP contribution >= 0.6 is 0 Å². The molecule has 29 heavy (non-hydrogen) atoms. The van der Waals surface area contributed by atoms with Gasteiger partial charge in [0.15, 0.2) is 11.6 Å². The first-order valence-electron chi connectivity index (χ1n) is 9.22. The van der Waals surface area contributed by atoms with Crippen molar-refractivity contribution in [2.45, 2.75) is 37.8 Å². The van der Waals surface area contributed by atoms with E-state index < -0.39 is 17.7 Å². The Balaban J connectivity index is 1.92. The Labute approximate surface area is 167 Å². The molecule has 1 amide bonds. The van der Waals surface area contributed by atoms with Gasteiger partial charge in [0.2, 0.25) is 0 Å². The maximum Gasteiger partial charge on any atom is 0.339 e. The molecule has 2 atom stereocenters. The Hall–Kier alpha value is -3.27. The second-order valence-electron chi connectivity index (χ2n) is 6.86. The Morgan fingerprint density at radius 2 is 1.97 bits per heavy atom. The second kappa shape index (κ2) is 8.82. The number of nitrogens with one attached hydrogen (secondary N) is 2. The number of amides is 1. The summed E-state index contributed by atoms with van der Waals surface area (Å²) in [5.74, 6) is -2.12. The molecule has 3 rings (SSSR count). The predicted molar refractivity (Wildman–Crippen MR) is 105 cm³/mol. The summed E-state index contributed by atoms with van der Waals surface area (Å²) in [5, 5.41) is 5.91. The van der Waals surface area contributed by atoms with Crippen LogP contribution in [0.3, 0.4) is 0 Å². The van der Waals surface area contributed by atoms with Crippen molar-refractivity contribution in [2.75, 3.05) is 17.7 Å². The number of halogens is 1. The Morgan fingerprint density at radius 1 is 1.21 bits per heavy atom. The van der Waals surface area contributed by atoms with Crippen LogP contribution in [0.4, 0.5) is 21.7 Å². The smallest absolute Gasteiger partial charge is 0.339 e. The van der Waals surface area contributed by atoms with Gasteiger partial charge >= 0.3 is 5.97 Å². The summed E-state index contributed by atoms with van der Waals surface area (Å²) in [6.45, 7) is 0. The number of hydrogen-bond donors (Lipinski definition) is 4. The van der Waals surface area contributed by atoms with Crippen LogP contribution in [-0.4, -0.2) is 41.0 Å². The standard InChI is InChI=1S/C19H23FN6O3/c1-29-19(28)10-6-11(9-23-8-10)24-17-12(16(22)27)7-13(20)18(26-17)25-15-5-3-2-4-14(15)21/h6-9,14-15H,2-5,21H2,1H3,(H2,22,27)(H2,24,25,26). The van der Waals surface area contributed by atoms with Crippen LogP contribution in [0.2, 0.25) is 0 Å². The van der Waals surface area contributed by atoms with E-state index in [4.69, 9.17) is 11.5 Å². The van der Waals surface area contributed by atoms with Crippen LogP contribution in [0, 0.1) is 5.82 Å². The number of carbonyl (C=O) groups excluding carboxylic acids is 2. The molecule has 9 nitrogen and oxygen atoms in total. The fraction of sp³-hybridized carbons (Fsp3) is 0.368. The lowest BCUT2D eigenvalue weighted by Gasteiger charge is -2.30. The van der Waals surface area contributed by atoms with E-state index in [9.17, 15) is 14.0 Å². The molecule has 1 fully saturated rings. The third-order valence-corrected chi connectivity index (χ3v) is 4.81. The van der Waals surface area contributed by atoms with E-state index >= 15 is 0 Å². The molecule has 0 bridgehead atoms. The molecule has 1 aliphatic carbocycles. The van der Waals surface area contributed by atoms with Crippen LogP contribution in [0.25, 0.3) is 0 Å². The van der Waals surface area contributed by atoms with E-state index in [1.54, 1.807) is 0 Å². The first-order valence-corrected chi connectivity index (χ1v) is 9.22. The number of hydrogen-bond acceptors (Lipinski definition) is 8. The molecule has 0 radical (unpaired) electrons. The minimum absolute atomic E-state index is 0.0306. The van der Waals surface area contributed by atoms with Crippen LogP contribution in [0.15, 0.2) is 24.5 Å². The zero-order valence-corrected chi connectivity index (χ0v) is 15.9. The number of primary amides is 1. The van der Waals surface area contributed by atoms with E-state index in [1.807, 2.05) is 0 Å². The van der Waals surface area contributed by atoms with Crippen LogP contribution in [-0.2, 0) is 4.74 Å². The molecular formula is C19H23FN6O3. The molecule has 0 aromatic carbocycles. The van der Waals surface area contributed by atoms with Crippen molar-refractivity contribution in [1.29, 1.82) is 0 Å². The monoisotopic (exact) mass is 402 g/mol. The number of pyridine rings is 2. The number of carbonyl (C=O) groups is 2. The summed E-state index contributed by atoms with van der Waals surface area (Å²) in [4.78, 5) is 31.6. The maximum absolute atomic E-state index is 14.6. The lowest BCUT2D eigenvalue weighted by molar-refractivity contribution is 0.0600. The minimum Gasteiger partial charge on any atom is -0.465 e. The van der Waals surface area contributed by atoms with Crippen molar-refractivity contribution in [3.8, 4) is 0 Å². The molecule has 2 unspecified atom stereocenters. The van der Waals surface area contributed by atoms with E-state index in [0.717, 1.165) is 31.7 Å². The van der Waals surface area contributed by atoms with E-state index in [0.29, 0.717) is 5.69 Å². The second-order valence-corrected chi connectivity index (χ2v) is 6.86. The molecule has 0 aliphatic heterocycles. The molecule has 1 aliphatic rings. The molecule has 1 saturated carbocycles. The van der Waals surface area contributed by atoms with Crippen molar-refractivity contribution >= 4 is 29.2 Å².